The number of aryl methyl sites for hydroxylation is 1. The van der Waals surface area contributed by atoms with Gasteiger partial charge < -0.3 is 24.9 Å². The van der Waals surface area contributed by atoms with Crippen molar-refractivity contribution in [2.45, 2.75) is 39.8 Å². The van der Waals surface area contributed by atoms with Crippen LogP contribution in [0, 0.1) is 12.8 Å². The number of benzene rings is 1. The average molecular weight is 334 g/mol. The average Bonchev–Trinajstić information content (AvgIpc) is 2.90. The van der Waals surface area contributed by atoms with E-state index in [9.17, 15) is 4.79 Å². The maximum atomic E-state index is 12.1. The van der Waals surface area contributed by atoms with Gasteiger partial charge in [-0.2, -0.15) is 0 Å². The summed E-state index contributed by atoms with van der Waals surface area (Å²) >= 11 is 0. The SMILES string of the molecule is COc1ccc2oc(C(C)NC(=O)NC(C)C(C)CO)c(C)c2c1. The molecule has 0 aliphatic carbocycles. The van der Waals surface area contributed by atoms with Gasteiger partial charge in [-0.05, 0) is 44.9 Å². The van der Waals surface area contributed by atoms with Gasteiger partial charge in [0.05, 0.1) is 13.2 Å². The highest BCUT2D eigenvalue weighted by Gasteiger charge is 2.20. The molecule has 1 aromatic carbocycles. The Labute approximate surface area is 142 Å². The Morgan fingerprint density at radius 1 is 1.29 bits per heavy atom. The predicted octanol–water partition coefficient (Wildman–Crippen LogP) is 3.13. The molecule has 0 radical (unpaired) electrons. The summed E-state index contributed by atoms with van der Waals surface area (Å²) in [6, 6.07) is 4.95. The zero-order chi connectivity index (χ0) is 17.9. The molecule has 6 heteroatoms. The molecule has 3 N–H and O–H groups in total. The first-order valence-electron chi connectivity index (χ1n) is 8.12. The highest BCUT2D eigenvalue weighted by Crippen LogP contribution is 2.31. The minimum atomic E-state index is -0.285. The van der Waals surface area contributed by atoms with Crippen LogP contribution < -0.4 is 15.4 Å². The fourth-order valence-electron chi connectivity index (χ4n) is 2.57. The molecule has 0 fully saturated rings. The van der Waals surface area contributed by atoms with E-state index in [2.05, 4.69) is 10.6 Å². The standard InChI is InChI=1S/C18H26N2O4/c1-10(9-21)12(3)19-18(22)20-13(4)17-11(2)15-8-14(23-5)6-7-16(15)24-17/h6-8,10,12-13,21H,9H2,1-5H3,(H2,19,20,22). The molecule has 132 valence electrons. The van der Waals surface area contributed by atoms with Gasteiger partial charge in [0.2, 0.25) is 0 Å². The second kappa shape index (κ2) is 7.57. The molecular weight excluding hydrogens is 308 g/mol. The van der Waals surface area contributed by atoms with Crippen LogP contribution in [0.2, 0.25) is 0 Å². The summed E-state index contributed by atoms with van der Waals surface area (Å²) in [4.78, 5) is 12.1. The van der Waals surface area contributed by atoms with Gasteiger partial charge in [-0.3, -0.25) is 0 Å². The van der Waals surface area contributed by atoms with Crippen LogP contribution in [-0.2, 0) is 0 Å². The molecular formula is C18H26N2O4. The molecule has 3 unspecified atom stereocenters. The number of carbonyl (C=O) groups is 1. The lowest BCUT2D eigenvalue weighted by molar-refractivity contribution is 0.199. The van der Waals surface area contributed by atoms with E-state index >= 15 is 0 Å². The van der Waals surface area contributed by atoms with Crippen molar-refractivity contribution < 1.29 is 19.1 Å². The molecule has 6 nitrogen and oxygen atoms in total. The summed E-state index contributed by atoms with van der Waals surface area (Å²) in [7, 11) is 1.63. The van der Waals surface area contributed by atoms with Crippen LogP contribution in [0.3, 0.4) is 0 Å². The van der Waals surface area contributed by atoms with Crippen molar-refractivity contribution in [2.75, 3.05) is 13.7 Å². The molecule has 1 heterocycles. The Bertz CT molecular complexity index is 710. The number of rotatable bonds is 6. The van der Waals surface area contributed by atoms with E-state index < -0.39 is 0 Å². The van der Waals surface area contributed by atoms with Gasteiger partial charge in [-0.25, -0.2) is 4.79 Å². The molecule has 24 heavy (non-hydrogen) atoms. The van der Waals surface area contributed by atoms with Crippen LogP contribution in [-0.4, -0.2) is 30.9 Å². The Hall–Kier alpha value is -2.21. The van der Waals surface area contributed by atoms with Crippen LogP contribution in [0.5, 0.6) is 5.75 Å². The van der Waals surface area contributed by atoms with Crippen LogP contribution in [0.15, 0.2) is 22.6 Å². The van der Waals surface area contributed by atoms with Gasteiger partial charge in [0, 0.05) is 23.6 Å². The Morgan fingerprint density at radius 3 is 2.62 bits per heavy atom. The second-order valence-electron chi connectivity index (χ2n) is 6.24. The minimum Gasteiger partial charge on any atom is -0.497 e. The third-order valence-electron chi connectivity index (χ3n) is 4.42. The molecule has 2 aromatic rings. The van der Waals surface area contributed by atoms with Crippen molar-refractivity contribution in [2.24, 2.45) is 5.92 Å². The Kier molecular flexibility index (Phi) is 5.72. The number of hydrogen-bond donors (Lipinski definition) is 3. The molecule has 1 aromatic heterocycles. The van der Waals surface area contributed by atoms with Crippen molar-refractivity contribution in [3.05, 3.63) is 29.5 Å². The van der Waals surface area contributed by atoms with Gasteiger partial charge in [0.15, 0.2) is 0 Å². The quantitative estimate of drug-likeness (QED) is 0.758. The smallest absolute Gasteiger partial charge is 0.315 e. The van der Waals surface area contributed by atoms with Crippen LogP contribution in [0.4, 0.5) is 4.79 Å². The first-order valence-corrected chi connectivity index (χ1v) is 8.12. The summed E-state index contributed by atoms with van der Waals surface area (Å²) in [6.07, 6.45) is 0. The van der Waals surface area contributed by atoms with Crippen molar-refractivity contribution in [1.82, 2.24) is 10.6 Å². The third-order valence-corrected chi connectivity index (χ3v) is 4.42. The predicted molar refractivity (Wildman–Crippen MR) is 93.3 cm³/mol. The highest BCUT2D eigenvalue weighted by molar-refractivity contribution is 5.84. The first kappa shape index (κ1) is 18.1. The number of nitrogens with one attached hydrogen (secondary N) is 2. The second-order valence-corrected chi connectivity index (χ2v) is 6.24. The maximum Gasteiger partial charge on any atom is 0.315 e. The monoisotopic (exact) mass is 334 g/mol. The number of hydrogen-bond acceptors (Lipinski definition) is 4. The van der Waals surface area contributed by atoms with Crippen LogP contribution in [0.1, 0.15) is 38.1 Å². The number of fused-ring (bicyclic) bond motifs is 1. The number of aliphatic hydroxyl groups excluding tert-OH is 1. The molecule has 3 atom stereocenters. The molecule has 0 aliphatic heterocycles. The molecule has 0 aliphatic rings. The van der Waals surface area contributed by atoms with Crippen LogP contribution in [0.25, 0.3) is 11.0 Å². The van der Waals surface area contributed by atoms with Gasteiger partial charge in [-0.15, -0.1) is 0 Å². The normalized spacial score (nSPS) is 14.9. The van der Waals surface area contributed by atoms with Crippen molar-refractivity contribution in [3.8, 4) is 5.75 Å². The summed E-state index contributed by atoms with van der Waals surface area (Å²) in [5, 5.41) is 15.8. The molecule has 0 spiro atoms. The highest BCUT2D eigenvalue weighted by atomic mass is 16.5. The number of ether oxygens (including phenoxy) is 1. The van der Waals surface area contributed by atoms with E-state index in [1.807, 2.05) is 45.9 Å². The number of methoxy groups -OCH3 is 1. The van der Waals surface area contributed by atoms with E-state index in [1.54, 1.807) is 7.11 Å². The molecule has 0 saturated carbocycles. The largest absolute Gasteiger partial charge is 0.497 e. The first-order chi connectivity index (χ1) is 11.4. The number of carbonyl (C=O) groups excluding carboxylic acids is 1. The van der Waals surface area contributed by atoms with Crippen LogP contribution >= 0.6 is 0 Å². The lowest BCUT2D eigenvalue weighted by Gasteiger charge is -2.21. The third kappa shape index (κ3) is 3.82. The fourth-order valence-corrected chi connectivity index (χ4v) is 2.57. The molecule has 0 saturated heterocycles. The summed E-state index contributed by atoms with van der Waals surface area (Å²) in [6.45, 7) is 7.62. The van der Waals surface area contributed by atoms with E-state index in [1.165, 1.54) is 0 Å². The van der Waals surface area contributed by atoms with Crippen molar-refractivity contribution >= 4 is 17.0 Å². The Morgan fingerprint density at radius 2 is 2.00 bits per heavy atom. The summed E-state index contributed by atoms with van der Waals surface area (Å²) in [5.41, 5.74) is 1.74. The lowest BCUT2D eigenvalue weighted by atomic mass is 10.1. The fraction of sp³-hybridized carbons (Fsp3) is 0.500. The zero-order valence-electron chi connectivity index (χ0n) is 14.8. The number of amides is 2. The van der Waals surface area contributed by atoms with Crippen molar-refractivity contribution in [1.29, 1.82) is 0 Å². The zero-order valence-corrected chi connectivity index (χ0v) is 14.8. The number of urea groups is 1. The van der Waals surface area contributed by atoms with Gasteiger partial charge in [0.1, 0.15) is 17.1 Å². The topological polar surface area (TPSA) is 83.7 Å². The number of aliphatic hydroxyl groups is 1. The molecule has 2 amide bonds. The lowest BCUT2D eigenvalue weighted by Crippen LogP contribution is -2.44. The van der Waals surface area contributed by atoms with E-state index in [0.29, 0.717) is 0 Å². The molecule has 2 rings (SSSR count). The Balaban J connectivity index is 2.12. The van der Waals surface area contributed by atoms with Gasteiger partial charge in [0.25, 0.3) is 0 Å². The van der Waals surface area contributed by atoms with E-state index in [0.717, 1.165) is 28.0 Å². The summed E-state index contributed by atoms with van der Waals surface area (Å²) in [5.74, 6) is 1.48. The minimum absolute atomic E-state index is 0.00791. The van der Waals surface area contributed by atoms with Gasteiger partial charge in [-0.1, -0.05) is 6.92 Å². The summed E-state index contributed by atoms with van der Waals surface area (Å²) < 4.78 is 11.1. The van der Waals surface area contributed by atoms with E-state index in [4.69, 9.17) is 14.3 Å². The van der Waals surface area contributed by atoms with E-state index in [-0.39, 0.29) is 30.6 Å². The number of furan rings is 1. The molecule has 0 bridgehead atoms. The van der Waals surface area contributed by atoms with Gasteiger partial charge >= 0.3 is 6.03 Å². The maximum absolute atomic E-state index is 12.1. The van der Waals surface area contributed by atoms with Crippen molar-refractivity contribution in [3.63, 3.8) is 0 Å².